The number of amides is 1. The van der Waals surface area contributed by atoms with Gasteiger partial charge in [0.1, 0.15) is 0 Å². The SMILES string of the molecule is Cc1cc(C(=O)N(C)CC(C)(C)CN)nn1-c1ccccc1.Cl. The monoisotopic (exact) mass is 336 g/mol. The number of hydrogen-bond donors (Lipinski definition) is 1. The molecule has 0 saturated carbocycles. The molecule has 0 atom stereocenters. The van der Waals surface area contributed by atoms with Gasteiger partial charge in [-0.1, -0.05) is 32.0 Å². The Morgan fingerprint density at radius 2 is 1.91 bits per heavy atom. The van der Waals surface area contributed by atoms with Gasteiger partial charge in [-0.3, -0.25) is 4.79 Å². The highest BCUT2D eigenvalue weighted by atomic mass is 35.5. The third kappa shape index (κ3) is 4.56. The number of para-hydroxylation sites is 1. The molecule has 0 unspecified atom stereocenters. The van der Waals surface area contributed by atoms with Gasteiger partial charge in [-0.2, -0.15) is 5.10 Å². The van der Waals surface area contributed by atoms with E-state index < -0.39 is 0 Å². The molecule has 0 fully saturated rings. The van der Waals surface area contributed by atoms with Crippen molar-refractivity contribution < 1.29 is 4.79 Å². The highest BCUT2D eigenvalue weighted by Gasteiger charge is 2.23. The van der Waals surface area contributed by atoms with Crippen LogP contribution in [-0.4, -0.2) is 40.7 Å². The first-order valence-electron chi connectivity index (χ1n) is 7.42. The number of aryl methyl sites for hydroxylation is 1. The van der Waals surface area contributed by atoms with E-state index in [-0.39, 0.29) is 23.7 Å². The number of nitrogens with zero attached hydrogens (tertiary/aromatic N) is 3. The van der Waals surface area contributed by atoms with E-state index >= 15 is 0 Å². The maximum absolute atomic E-state index is 12.5. The number of hydrogen-bond acceptors (Lipinski definition) is 3. The topological polar surface area (TPSA) is 64.2 Å². The third-order valence-electron chi connectivity index (χ3n) is 3.67. The van der Waals surface area contributed by atoms with Gasteiger partial charge in [-0.05, 0) is 37.1 Å². The number of benzene rings is 1. The van der Waals surface area contributed by atoms with Crippen molar-refractivity contribution >= 4 is 18.3 Å². The molecule has 6 heteroatoms. The summed E-state index contributed by atoms with van der Waals surface area (Å²) in [5.41, 5.74) is 7.97. The van der Waals surface area contributed by atoms with E-state index in [9.17, 15) is 4.79 Å². The maximum Gasteiger partial charge on any atom is 0.274 e. The maximum atomic E-state index is 12.5. The number of carbonyl (C=O) groups excluding carboxylic acids is 1. The predicted octanol–water partition coefficient (Wildman–Crippen LogP) is 2.66. The van der Waals surface area contributed by atoms with Gasteiger partial charge in [0.15, 0.2) is 5.69 Å². The van der Waals surface area contributed by atoms with Crippen LogP contribution in [0.4, 0.5) is 0 Å². The Bertz CT molecular complexity index is 652. The molecule has 2 aromatic rings. The molecule has 1 aromatic heterocycles. The number of rotatable bonds is 5. The molecule has 2 N–H and O–H groups in total. The van der Waals surface area contributed by atoms with Crippen LogP contribution < -0.4 is 5.73 Å². The van der Waals surface area contributed by atoms with E-state index in [1.807, 2.05) is 57.2 Å². The molecule has 2 rings (SSSR count). The van der Waals surface area contributed by atoms with E-state index in [1.54, 1.807) is 16.6 Å². The highest BCUT2D eigenvalue weighted by molar-refractivity contribution is 5.92. The lowest BCUT2D eigenvalue weighted by Crippen LogP contribution is -2.39. The quantitative estimate of drug-likeness (QED) is 0.913. The Hall–Kier alpha value is -1.85. The van der Waals surface area contributed by atoms with E-state index in [1.165, 1.54) is 0 Å². The van der Waals surface area contributed by atoms with Crippen molar-refractivity contribution in [2.75, 3.05) is 20.1 Å². The second-order valence-corrected chi connectivity index (χ2v) is 6.45. The average molecular weight is 337 g/mol. The molecule has 23 heavy (non-hydrogen) atoms. The summed E-state index contributed by atoms with van der Waals surface area (Å²) in [6.07, 6.45) is 0. The predicted molar refractivity (Wildman–Crippen MR) is 95.3 cm³/mol. The van der Waals surface area contributed by atoms with Crippen LogP contribution in [0.15, 0.2) is 36.4 Å². The zero-order valence-electron chi connectivity index (χ0n) is 14.1. The van der Waals surface area contributed by atoms with Gasteiger partial charge < -0.3 is 10.6 Å². The molecule has 0 radical (unpaired) electrons. The van der Waals surface area contributed by atoms with Crippen LogP contribution in [0.5, 0.6) is 0 Å². The van der Waals surface area contributed by atoms with Gasteiger partial charge in [-0.15, -0.1) is 12.4 Å². The summed E-state index contributed by atoms with van der Waals surface area (Å²) in [6, 6.07) is 11.6. The summed E-state index contributed by atoms with van der Waals surface area (Å²) >= 11 is 0. The van der Waals surface area contributed by atoms with Crippen LogP contribution >= 0.6 is 12.4 Å². The van der Waals surface area contributed by atoms with Crippen LogP contribution in [0.25, 0.3) is 5.69 Å². The van der Waals surface area contributed by atoms with Crippen molar-refractivity contribution in [2.45, 2.75) is 20.8 Å². The highest BCUT2D eigenvalue weighted by Crippen LogP contribution is 2.17. The zero-order valence-corrected chi connectivity index (χ0v) is 14.9. The Kier molecular flexibility index (Phi) is 6.36. The van der Waals surface area contributed by atoms with Crippen molar-refractivity contribution in [3.63, 3.8) is 0 Å². The molecule has 5 nitrogen and oxygen atoms in total. The lowest BCUT2D eigenvalue weighted by molar-refractivity contribution is 0.0734. The number of carbonyl (C=O) groups is 1. The van der Waals surface area contributed by atoms with Crippen LogP contribution in [0.2, 0.25) is 0 Å². The molecule has 1 aromatic carbocycles. The van der Waals surface area contributed by atoms with Crippen LogP contribution in [0.1, 0.15) is 30.0 Å². The first kappa shape index (κ1) is 19.2. The van der Waals surface area contributed by atoms with Crippen molar-refractivity contribution in [1.82, 2.24) is 14.7 Å². The lowest BCUT2D eigenvalue weighted by Gasteiger charge is -2.28. The minimum absolute atomic E-state index is 0. The molecule has 0 aliphatic heterocycles. The summed E-state index contributed by atoms with van der Waals surface area (Å²) in [4.78, 5) is 14.2. The molecule has 0 saturated heterocycles. The van der Waals surface area contributed by atoms with Crippen LogP contribution in [-0.2, 0) is 0 Å². The summed E-state index contributed by atoms with van der Waals surface area (Å²) in [7, 11) is 1.79. The normalized spacial score (nSPS) is 11.0. The van der Waals surface area contributed by atoms with E-state index in [2.05, 4.69) is 5.10 Å². The van der Waals surface area contributed by atoms with E-state index in [0.717, 1.165) is 11.4 Å². The molecular weight excluding hydrogens is 312 g/mol. The molecule has 126 valence electrons. The molecule has 1 amide bonds. The fourth-order valence-corrected chi connectivity index (χ4v) is 2.38. The number of nitrogens with two attached hydrogens (primary N) is 1. The van der Waals surface area contributed by atoms with Crippen molar-refractivity contribution in [3.8, 4) is 5.69 Å². The summed E-state index contributed by atoms with van der Waals surface area (Å²) in [5.74, 6) is -0.0840. The first-order valence-corrected chi connectivity index (χ1v) is 7.42. The second-order valence-electron chi connectivity index (χ2n) is 6.45. The zero-order chi connectivity index (χ0) is 16.3. The molecule has 0 bridgehead atoms. The van der Waals surface area contributed by atoms with Crippen LogP contribution in [0, 0.1) is 12.3 Å². The molecular formula is C17H25ClN4O. The Balaban J connectivity index is 0.00000264. The Labute approximate surface area is 143 Å². The van der Waals surface area contributed by atoms with Crippen molar-refractivity contribution in [3.05, 3.63) is 47.8 Å². The fraction of sp³-hybridized carbons (Fsp3) is 0.412. The number of halogens is 1. The third-order valence-corrected chi connectivity index (χ3v) is 3.67. The Morgan fingerprint density at radius 3 is 2.48 bits per heavy atom. The fourth-order valence-electron chi connectivity index (χ4n) is 2.38. The second kappa shape index (κ2) is 7.62. The van der Waals surface area contributed by atoms with Gasteiger partial charge in [0, 0.05) is 19.3 Å². The molecule has 0 aliphatic carbocycles. The first-order chi connectivity index (χ1) is 10.3. The molecule has 0 spiro atoms. The van der Waals surface area contributed by atoms with Crippen molar-refractivity contribution in [1.29, 1.82) is 0 Å². The van der Waals surface area contributed by atoms with Gasteiger partial charge in [0.25, 0.3) is 5.91 Å². The van der Waals surface area contributed by atoms with Gasteiger partial charge in [0.05, 0.1) is 5.69 Å². The summed E-state index contributed by atoms with van der Waals surface area (Å²) in [5, 5.41) is 4.45. The standard InChI is InChI=1S/C17H24N4O.ClH/c1-13-10-15(16(22)20(4)12-17(2,3)11-18)19-21(13)14-8-6-5-7-9-14;/h5-10H,11-12,18H2,1-4H3;1H. The minimum Gasteiger partial charge on any atom is -0.340 e. The van der Waals surface area contributed by atoms with Crippen molar-refractivity contribution in [2.24, 2.45) is 11.1 Å². The average Bonchev–Trinajstić information content (AvgIpc) is 2.89. The molecule has 0 aliphatic rings. The van der Waals surface area contributed by atoms with Gasteiger partial charge >= 0.3 is 0 Å². The molecule has 1 heterocycles. The smallest absolute Gasteiger partial charge is 0.274 e. The van der Waals surface area contributed by atoms with E-state index in [0.29, 0.717) is 18.8 Å². The number of aromatic nitrogens is 2. The Morgan fingerprint density at radius 1 is 1.30 bits per heavy atom. The van der Waals surface area contributed by atoms with E-state index in [4.69, 9.17) is 5.73 Å². The summed E-state index contributed by atoms with van der Waals surface area (Å²) in [6.45, 7) is 7.16. The largest absolute Gasteiger partial charge is 0.340 e. The lowest BCUT2D eigenvalue weighted by atomic mass is 9.93. The van der Waals surface area contributed by atoms with Crippen LogP contribution in [0.3, 0.4) is 0 Å². The van der Waals surface area contributed by atoms with Gasteiger partial charge in [-0.25, -0.2) is 4.68 Å². The summed E-state index contributed by atoms with van der Waals surface area (Å²) < 4.78 is 1.79. The minimum atomic E-state index is -0.110. The van der Waals surface area contributed by atoms with Gasteiger partial charge in [0.2, 0.25) is 0 Å².